The number of fused-ring (bicyclic) bond motifs is 11. The van der Waals surface area contributed by atoms with Gasteiger partial charge in [-0.3, -0.25) is 0 Å². The van der Waals surface area contributed by atoms with Gasteiger partial charge in [0, 0.05) is 69.2 Å². The number of benzene rings is 8. The van der Waals surface area contributed by atoms with Crippen LogP contribution in [0.25, 0.3) is 30.3 Å². The lowest BCUT2D eigenvalue weighted by Gasteiger charge is -2.46. The summed E-state index contributed by atoms with van der Waals surface area (Å²) in [6, 6.07) is 59.6. The Labute approximate surface area is 471 Å². The third-order valence-corrected chi connectivity index (χ3v) is 21.5. The van der Waals surface area contributed by atoms with E-state index in [1.54, 1.807) is 0 Å². The number of hydrogen-bond acceptors (Lipinski definition) is 5. The largest absolute Gasteiger partial charge is 0.311 e. The normalized spacial score (nSPS) is 17.4. The lowest BCUT2D eigenvalue weighted by atomic mass is 9.36. The highest BCUT2D eigenvalue weighted by atomic mass is 32.1. The first kappa shape index (κ1) is 49.7. The topological polar surface area (TPSA) is 9.72 Å². The Balaban J connectivity index is 1.18. The van der Waals surface area contributed by atoms with Crippen LogP contribution < -0.4 is 30.4 Å². The molecule has 2 aromatic heterocycles. The van der Waals surface area contributed by atoms with Crippen molar-refractivity contribution >= 4 is 127 Å². The van der Waals surface area contributed by atoms with Crippen molar-refractivity contribution in [1.82, 2.24) is 0 Å². The van der Waals surface area contributed by atoms with Crippen LogP contribution in [0.1, 0.15) is 141 Å². The van der Waals surface area contributed by atoms with E-state index >= 15 is 0 Å². The fourth-order valence-corrected chi connectivity index (χ4v) is 16.8. The van der Waals surface area contributed by atoms with Crippen LogP contribution in [0.15, 0.2) is 152 Å². The molecule has 0 spiro atoms. The Bertz CT molecular complexity index is 4110. The number of hydrogen-bond donors (Lipinski definition) is 0. The van der Waals surface area contributed by atoms with Crippen LogP contribution in [-0.4, -0.2) is 6.71 Å². The van der Waals surface area contributed by atoms with Crippen molar-refractivity contribution in [3.05, 3.63) is 191 Å². The van der Waals surface area contributed by atoms with E-state index in [9.17, 15) is 0 Å². The molecule has 390 valence electrons. The van der Waals surface area contributed by atoms with Crippen molar-refractivity contribution in [3.63, 3.8) is 0 Å². The van der Waals surface area contributed by atoms with Crippen molar-refractivity contribution in [2.75, 3.05) is 14.7 Å². The quantitative estimate of drug-likeness (QED) is 0.159. The molecule has 10 aromatic rings. The van der Waals surface area contributed by atoms with Crippen LogP contribution in [0.5, 0.6) is 0 Å². The molecule has 4 heterocycles. The molecule has 3 nitrogen and oxygen atoms in total. The highest BCUT2D eigenvalue weighted by Crippen LogP contribution is 2.56. The molecule has 78 heavy (non-hydrogen) atoms. The smallest absolute Gasteiger partial charge is 0.264 e. The molecule has 0 atom stereocenters. The lowest BCUT2D eigenvalue weighted by Crippen LogP contribution is -2.60. The van der Waals surface area contributed by atoms with Crippen LogP contribution in [0.2, 0.25) is 0 Å². The van der Waals surface area contributed by atoms with Gasteiger partial charge in [0.2, 0.25) is 0 Å². The van der Waals surface area contributed by atoms with Crippen molar-refractivity contribution in [2.24, 2.45) is 0 Å². The van der Waals surface area contributed by atoms with Gasteiger partial charge >= 0.3 is 0 Å². The fraction of sp³-hybridized carbons (Fsp3) is 0.306. The molecule has 0 unspecified atom stereocenters. The Morgan fingerprint density at radius 1 is 0.474 bits per heavy atom. The molecule has 0 amide bonds. The summed E-state index contributed by atoms with van der Waals surface area (Å²) in [4.78, 5) is 8.02. The zero-order chi connectivity index (χ0) is 54.2. The van der Waals surface area contributed by atoms with Gasteiger partial charge in [0.15, 0.2) is 0 Å². The molecule has 0 saturated heterocycles. The minimum atomic E-state index is -0.0678. The third-order valence-electron chi connectivity index (χ3n) is 19.2. The number of nitrogens with zero attached hydrogens (tertiary/aromatic N) is 3. The maximum absolute atomic E-state index is 2.77. The van der Waals surface area contributed by atoms with Crippen LogP contribution in [0.4, 0.5) is 51.2 Å². The molecule has 2 aliphatic heterocycles. The SMILES string of the molecule is Cc1ccccc1N(c1cc2c3c(c1)N(c1cccc4sc5ccccc5c14)c1ccc(C(C)(C)C)cc1B3c1sc3cc4c(cc3c1N2c1ccc2c(c1)C(C)(C)CCC2(C)C)C(C)(C)CCC4(C)C)c1ccccc1C. The van der Waals surface area contributed by atoms with E-state index < -0.39 is 0 Å². The summed E-state index contributed by atoms with van der Waals surface area (Å²) in [6.45, 7) is 31.5. The summed E-state index contributed by atoms with van der Waals surface area (Å²) in [6.07, 6.45) is 4.68. The van der Waals surface area contributed by atoms with Gasteiger partial charge in [-0.25, -0.2) is 0 Å². The Morgan fingerprint density at radius 2 is 1.05 bits per heavy atom. The first-order valence-corrected chi connectivity index (χ1v) is 30.3. The molecule has 14 rings (SSSR count). The lowest BCUT2D eigenvalue weighted by molar-refractivity contribution is 0.332. The standard InChI is InChI=1S/C72H72BN3S2/c1-43-21-14-17-24-55(43)74(56-25-18-15-22-44(56)2)47-39-59-65-60(40-47)76(58-26-20-28-62-64(58)48-23-16-19-27-61(48)77-62)57-32-29-45(68(3,4)5)37-54(57)73(65)67-66(49-41-52-53(42-63(49)78-67)72(12,13)36-35-71(52,10)11)75(59)46-30-31-50-51(38-46)70(8,9)34-33-69(50,6)7/h14-32,37-42H,33-36H2,1-13H3. The first-order chi connectivity index (χ1) is 37.1. The molecule has 0 N–H and O–H groups in total. The van der Waals surface area contributed by atoms with Crippen molar-refractivity contribution < 1.29 is 0 Å². The summed E-state index contributed by atoms with van der Waals surface area (Å²) < 4.78 is 5.43. The van der Waals surface area contributed by atoms with Gasteiger partial charge in [0.05, 0.1) is 17.1 Å². The fourth-order valence-electron chi connectivity index (χ4n) is 14.3. The van der Waals surface area contributed by atoms with Gasteiger partial charge in [0.1, 0.15) is 0 Å². The summed E-state index contributed by atoms with van der Waals surface area (Å²) in [7, 11) is 0. The second-order valence-electron chi connectivity index (χ2n) is 27.2. The maximum Gasteiger partial charge on any atom is 0.264 e. The monoisotopic (exact) mass is 1050 g/mol. The molecule has 0 radical (unpaired) electrons. The number of thiophene rings is 2. The zero-order valence-electron chi connectivity index (χ0n) is 48.0. The van der Waals surface area contributed by atoms with Crippen molar-refractivity contribution in [2.45, 2.75) is 143 Å². The van der Waals surface area contributed by atoms with Gasteiger partial charge in [-0.05, 0) is 189 Å². The van der Waals surface area contributed by atoms with Gasteiger partial charge in [-0.2, -0.15) is 0 Å². The van der Waals surface area contributed by atoms with E-state index in [2.05, 4.69) is 268 Å². The summed E-state index contributed by atoms with van der Waals surface area (Å²) in [5, 5.41) is 3.98. The predicted molar refractivity (Wildman–Crippen MR) is 342 cm³/mol. The molecule has 6 heteroatoms. The number of anilines is 9. The van der Waals surface area contributed by atoms with Gasteiger partial charge < -0.3 is 14.7 Å². The number of rotatable bonds is 5. The molecule has 0 saturated carbocycles. The Kier molecular flexibility index (Phi) is 10.8. The van der Waals surface area contributed by atoms with Gasteiger partial charge in [-0.15, -0.1) is 22.7 Å². The van der Waals surface area contributed by atoms with Crippen LogP contribution in [-0.2, 0) is 27.1 Å². The first-order valence-electron chi connectivity index (χ1n) is 28.6. The zero-order valence-corrected chi connectivity index (χ0v) is 49.6. The summed E-state index contributed by atoms with van der Waals surface area (Å²) in [5.74, 6) is 0. The molecule has 4 aliphatic rings. The highest BCUT2D eigenvalue weighted by Gasteiger charge is 2.48. The van der Waals surface area contributed by atoms with E-state index in [4.69, 9.17) is 0 Å². The Hall–Kier alpha value is -6.60. The van der Waals surface area contributed by atoms with Gasteiger partial charge in [0.25, 0.3) is 6.71 Å². The van der Waals surface area contributed by atoms with E-state index in [1.165, 1.54) is 150 Å². The second kappa shape index (κ2) is 17.0. The van der Waals surface area contributed by atoms with Crippen molar-refractivity contribution in [1.29, 1.82) is 0 Å². The number of aryl methyl sites for hydroxylation is 2. The molecule has 0 fully saturated rings. The third kappa shape index (κ3) is 7.34. The predicted octanol–water partition coefficient (Wildman–Crippen LogP) is 19.4. The van der Waals surface area contributed by atoms with E-state index in [-0.39, 0.29) is 33.8 Å². The van der Waals surface area contributed by atoms with Crippen molar-refractivity contribution in [3.8, 4) is 0 Å². The maximum atomic E-state index is 2.77. The second-order valence-corrected chi connectivity index (χ2v) is 29.3. The van der Waals surface area contributed by atoms with Crippen LogP contribution in [0, 0.1) is 13.8 Å². The molecular weight excluding hydrogens is 982 g/mol. The summed E-state index contributed by atoms with van der Waals surface area (Å²) in [5.41, 5.74) is 23.7. The average molecular weight is 1050 g/mol. The van der Waals surface area contributed by atoms with Crippen LogP contribution >= 0.6 is 22.7 Å². The van der Waals surface area contributed by atoms with E-state index in [0.29, 0.717) is 0 Å². The molecule has 0 bridgehead atoms. The van der Waals surface area contributed by atoms with Crippen LogP contribution in [0.3, 0.4) is 0 Å². The Morgan fingerprint density at radius 3 is 1.71 bits per heavy atom. The minimum absolute atomic E-state index is 0.0161. The number of para-hydroxylation sites is 2. The van der Waals surface area contributed by atoms with E-state index in [1.807, 2.05) is 11.3 Å². The molecule has 2 aliphatic carbocycles. The highest BCUT2D eigenvalue weighted by molar-refractivity contribution is 7.33. The molecular formula is C72H72BN3S2. The molecule has 8 aromatic carbocycles. The average Bonchev–Trinajstić information content (AvgIpc) is 3.56. The van der Waals surface area contributed by atoms with Gasteiger partial charge in [-0.1, -0.05) is 155 Å². The summed E-state index contributed by atoms with van der Waals surface area (Å²) >= 11 is 3.96. The van der Waals surface area contributed by atoms with E-state index in [0.717, 1.165) is 12.1 Å². The minimum Gasteiger partial charge on any atom is -0.311 e.